The summed E-state index contributed by atoms with van der Waals surface area (Å²) in [6, 6.07) is 12.0. The topological polar surface area (TPSA) is 111 Å². The molecular weight excluding hydrogens is 414 g/mol. The number of fused-ring (bicyclic) bond motifs is 1. The minimum Gasteiger partial charge on any atom is -0.454 e. The second-order valence-corrected chi connectivity index (χ2v) is 7.57. The summed E-state index contributed by atoms with van der Waals surface area (Å²) in [6.45, 7) is 0.760. The van der Waals surface area contributed by atoms with E-state index in [1.807, 2.05) is 0 Å². The summed E-state index contributed by atoms with van der Waals surface area (Å²) in [4.78, 5) is 8.52. The Kier molecular flexibility index (Phi) is 4.75. The molecule has 2 aliphatic heterocycles. The fourth-order valence-corrected chi connectivity index (χ4v) is 3.81. The highest BCUT2D eigenvalue weighted by Crippen LogP contribution is 2.35. The molecular formula is C23H20F2N6O. The Morgan fingerprint density at radius 3 is 2.62 bits per heavy atom. The molecule has 0 amide bonds. The number of hydrogen-bond acceptors (Lipinski definition) is 7. The van der Waals surface area contributed by atoms with E-state index in [-0.39, 0.29) is 17.5 Å². The second-order valence-electron chi connectivity index (χ2n) is 7.57. The van der Waals surface area contributed by atoms with Crippen molar-refractivity contribution in [3.8, 4) is 11.5 Å². The molecule has 6 N–H and O–H groups in total. The van der Waals surface area contributed by atoms with E-state index in [4.69, 9.17) is 16.2 Å². The predicted octanol–water partition coefficient (Wildman–Crippen LogP) is 3.19. The molecule has 0 spiro atoms. The van der Waals surface area contributed by atoms with E-state index in [1.165, 1.54) is 24.3 Å². The summed E-state index contributed by atoms with van der Waals surface area (Å²) in [6.07, 6.45) is 3.98. The van der Waals surface area contributed by atoms with E-state index >= 15 is 4.39 Å². The molecule has 3 aromatic rings. The Balaban J connectivity index is 1.47. The van der Waals surface area contributed by atoms with Crippen LogP contribution >= 0.6 is 0 Å². The summed E-state index contributed by atoms with van der Waals surface area (Å²) >= 11 is 0. The van der Waals surface area contributed by atoms with Gasteiger partial charge in [-0.25, -0.2) is 18.8 Å². The number of guanidine groups is 1. The van der Waals surface area contributed by atoms with Crippen LogP contribution in [0.2, 0.25) is 0 Å². The lowest BCUT2D eigenvalue weighted by atomic mass is 9.96. The largest absolute Gasteiger partial charge is 0.454 e. The molecule has 1 atom stereocenters. The maximum Gasteiger partial charge on any atom is 0.195 e. The number of halogens is 2. The molecule has 0 radical (unpaired) electrons. The summed E-state index contributed by atoms with van der Waals surface area (Å²) in [5.41, 5.74) is 13.5. The van der Waals surface area contributed by atoms with E-state index in [0.29, 0.717) is 22.6 Å². The molecule has 9 heteroatoms. The number of ether oxygens (including phenoxy) is 1. The van der Waals surface area contributed by atoms with Gasteiger partial charge in [-0.15, -0.1) is 0 Å². The maximum atomic E-state index is 15.0. The van der Waals surface area contributed by atoms with Crippen molar-refractivity contribution in [2.24, 2.45) is 16.5 Å². The van der Waals surface area contributed by atoms with Crippen molar-refractivity contribution in [3.05, 3.63) is 89.1 Å². The molecule has 5 rings (SSSR count). The van der Waals surface area contributed by atoms with Crippen LogP contribution in [0.4, 0.5) is 14.6 Å². The number of anilines is 1. The van der Waals surface area contributed by atoms with Gasteiger partial charge in [0.2, 0.25) is 0 Å². The lowest BCUT2D eigenvalue weighted by Crippen LogP contribution is -2.44. The van der Waals surface area contributed by atoms with Crippen molar-refractivity contribution >= 4 is 17.5 Å². The molecule has 32 heavy (non-hydrogen) atoms. The van der Waals surface area contributed by atoms with Crippen molar-refractivity contribution in [3.63, 3.8) is 0 Å². The van der Waals surface area contributed by atoms with Crippen LogP contribution in [-0.4, -0.2) is 17.5 Å². The lowest BCUT2D eigenvalue weighted by molar-refractivity contribution is 0.436. The minimum atomic E-state index is -1.42. The average Bonchev–Trinajstić information content (AvgIpc) is 3.25. The monoisotopic (exact) mass is 434 g/mol. The zero-order valence-electron chi connectivity index (χ0n) is 16.9. The van der Waals surface area contributed by atoms with Crippen LogP contribution in [0.1, 0.15) is 16.7 Å². The standard InChI is InChI=1S/C23H20F2N6O/c24-15-4-1-13(2-5-15)18-12-23(27,31-22(26)30-18)14-3-6-20(17(25)11-14)32-19-8-10-29-21-16(19)7-9-28-21/h1-6,8,10-12H,7,9,27H2,(H,28,29)(H3,26,30,31). The highest BCUT2D eigenvalue weighted by molar-refractivity contribution is 5.90. The Labute approximate surface area is 182 Å². The Bertz CT molecular complexity index is 1260. The number of hydrogen-bond donors (Lipinski definition) is 4. The SMILES string of the molecule is NC1=NC(N)(c2ccc(Oc3ccnc4c3CCN4)c(F)c2)C=C(c2ccc(F)cc2)N1. The van der Waals surface area contributed by atoms with Crippen molar-refractivity contribution in [1.29, 1.82) is 0 Å². The fraction of sp³-hybridized carbons (Fsp3) is 0.130. The van der Waals surface area contributed by atoms with Gasteiger partial charge in [0.05, 0.1) is 0 Å². The molecule has 7 nitrogen and oxygen atoms in total. The third-order valence-corrected chi connectivity index (χ3v) is 5.38. The van der Waals surface area contributed by atoms with Crippen LogP contribution < -0.4 is 26.8 Å². The predicted molar refractivity (Wildman–Crippen MR) is 118 cm³/mol. The summed E-state index contributed by atoms with van der Waals surface area (Å²) < 4.78 is 34.1. The number of rotatable bonds is 4. The van der Waals surface area contributed by atoms with Gasteiger partial charge in [-0.05, 0) is 60.5 Å². The van der Waals surface area contributed by atoms with Gasteiger partial charge in [-0.2, -0.15) is 0 Å². The van der Waals surface area contributed by atoms with Crippen molar-refractivity contribution in [2.45, 2.75) is 12.1 Å². The van der Waals surface area contributed by atoms with Gasteiger partial charge in [-0.1, -0.05) is 6.07 Å². The van der Waals surface area contributed by atoms with Gasteiger partial charge in [-0.3, -0.25) is 5.73 Å². The number of nitrogens with one attached hydrogen (secondary N) is 2. The number of aromatic nitrogens is 1. The van der Waals surface area contributed by atoms with Crippen LogP contribution in [0, 0.1) is 11.6 Å². The first-order valence-electron chi connectivity index (χ1n) is 10.0. The minimum absolute atomic E-state index is 0.0614. The highest BCUT2D eigenvalue weighted by Gasteiger charge is 2.30. The molecule has 162 valence electrons. The normalized spacial score (nSPS) is 19.3. The molecule has 1 unspecified atom stereocenters. The molecule has 2 aromatic carbocycles. The first-order chi connectivity index (χ1) is 15.4. The van der Waals surface area contributed by atoms with Crippen LogP contribution in [0.5, 0.6) is 11.5 Å². The highest BCUT2D eigenvalue weighted by atomic mass is 19.1. The van der Waals surface area contributed by atoms with E-state index in [2.05, 4.69) is 20.6 Å². The molecule has 0 saturated heterocycles. The number of nitrogens with zero attached hydrogens (tertiary/aromatic N) is 2. The lowest BCUT2D eigenvalue weighted by Gasteiger charge is -2.29. The molecule has 2 aliphatic rings. The van der Waals surface area contributed by atoms with Crippen molar-refractivity contribution < 1.29 is 13.5 Å². The number of benzene rings is 2. The summed E-state index contributed by atoms with van der Waals surface area (Å²) in [5, 5.41) is 6.08. The Morgan fingerprint density at radius 2 is 1.84 bits per heavy atom. The van der Waals surface area contributed by atoms with Gasteiger partial charge < -0.3 is 21.1 Å². The summed E-state index contributed by atoms with van der Waals surface area (Å²) in [7, 11) is 0. The number of nitrogens with two attached hydrogens (primary N) is 2. The van der Waals surface area contributed by atoms with Gasteiger partial charge >= 0.3 is 0 Å². The smallest absolute Gasteiger partial charge is 0.195 e. The first-order valence-corrected chi connectivity index (χ1v) is 10.0. The van der Waals surface area contributed by atoms with Crippen LogP contribution in [0.15, 0.2) is 65.8 Å². The van der Waals surface area contributed by atoms with E-state index < -0.39 is 11.5 Å². The van der Waals surface area contributed by atoms with Gasteiger partial charge in [0.1, 0.15) is 17.4 Å². The van der Waals surface area contributed by atoms with Gasteiger partial charge in [0, 0.05) is 29.6 Å². The fourth-order valence-electron chi connectivity index (χ4n) is 3.81. The van der Waals surface area contributed by atoms with Crippen molar-refractivity contribution in [2.75, 3.05) is 11.9 Å². The third-order valence-electron chi connectivity index (χ3n) is 5.38. The van der Waals surface area contributed by atoms with E-state index in [9.17, 15) is 4.39 Å². The van der Waals surface area contributed by atoms with E-state index in [1.54, 1.807) is 36.5 Å². The van der Waals surface area contributed by atoms with Crippen LogP contribution in [-0.2, 0) is 12.1 Å². The molecule has 0 saturated carbocycles. The molecule has 0 fully saturated rings. The average molecular weight is 434 g/mol. The Hall–Kier alpha value is -3.98. The molecule has 0 bridgehead atoms. The molecule has 1 aromatic heterocycles. The number of aliphatic imine (C=N–C) groups is 1. The maximum absolute atomic E-state index is 15.0. The van der Waals surface area contributed by atoms with Crippen LogP contribution in [0.3, 0.4) is 0 Å². The van der Waals surface area contributed by atoms with Gasteiger partial charge in [0.25, 0.3) is 0 Å². The van der Waals surface area contributed by atoms with Crippen LogP contribution in [0.25, 0.3) is 5.70 Å². The third kappa shape index (κ3) is 3.63. The molecule has 3 heterocycles. The van der Waals surface area contributed by atoms with Gasteiger partial charge in [0.15, 0.2) is 23.2 Å². The zero-order valence-corrected chi connectivity index (χ0v) is 16.9. The summed E-state index contributed by atoms with van der Waals surface area (Å²) in [5.74, 6) is 0.475. The number of pyridine rings is 1. The quantitative estimate of drug-likeness (QED) is 0.502. The first kappa shape index (κ1) is 20.0. The zero-order chi connectivity index (χ0) is 22.3. The molecule has 0 aliphatic carbocycles. The van der Waals surface area contributed by atoms with E-state index in [0.717, 1.165) is 24.3 Å². The second kappa shape index (κ2) is 7.61. The van der Waals surface area contributed by atoms with Crippen molar-refractivity contribution in [1.82, 2.24) is 10.3 Å². The Morgan fingerprint density at radius 1 is 1.03 bits per heavy atom.